The van der Waals surface area contributed by atoms with Crippen molar-refractivity contribution in [3.05, 3.63) is 64.6 Å². The van der Waals surface area contributed by atoms with E-state index in [1.807, 2.05) is 24.5 Å². The Labute approximate surface area is 156 Å². The summed E-state index contributed by atoms with van der Waals surface area (Å²) < 4.78 is 1.42. The van der Waals surface area contributed by atoms with Gasteiger partial charge in [0.05, 0.1) is 11.8 Å². The predicted octanol–water partition coefficient (Wildman–Crippen LogP) is 1.37. The lowest BCUT2D eigenvalue weighted by molar-refractivity contribution is 0.0897. The summed E-state index contributed by atoms with van der Waals surface area (Å²) >= 11 is 0. The molecule has 1 atom stereocenters. The van der Waals surface area contributed by atoms with Crippen LogP contribution in [-0.2, 0) is 0 Å². The lowest BCUT2D eigenvalue weighted by Gasteiger charge is -2.36. The Balaban J connectivity index is 1.39. The zero-order chi connectivity index (χ0) is 18.8. The van der Waals surface area contributed by atoms with Crippen LogP contribution in [0.1, 0.15) is 41.7 Å². The Kier molecular flexibility index (Phi) is 4.72. The van der Waals surface area contributed by atoms with E-state index < -0.39 is 0 Å². The van der Waals surface area contributed by atoms with E-state index in [-0.39, 0.29) is 23.0 Å². The second-order valence-corrected chi connectivity index (χ2v) is 6.88. The minimum absolute atomic E-state index is 0.0936. The van der Waals surface area contributed by atoms with E-state index in [4.69, 9.17) is 0 Å². The molecule has 0 spiro atoms. The molecular formula is C19H22N6O2. The molecule has 1 fully saturated rings. The van der Waals surface area contributed by atoms with E-state index in [1.54, 1.807) is 6.20 Å². The lowest BCUT2D eigenvalue weighted by atomic mass is 10.0. The summed E-state index contributed by atoms with van der Waals surface area (Å²) in [6.07, 6.45) is 9.94. The van der Waals surface area contributed by atoms with Gasteiger partial charge in [0.2, 0.25) is 0 Å². The van der Waals surface area contributed by atoms with E-state index in [1.165, 1.54) is 22.5 Å². The molecule has 0 aromatic carbocycles. The quantitative estimate of drug-likeness (QED) is 0.727. The molecule has 1 saturated heterocycles. The molecule has 1 unspecified atom stereocenters. The predicted molar refractivity (Wildman–Crippen MR) is 101 cm³/mol. The summed E-state index contributed by atoms with van der Waals surface area (Å²) in [6, 6.07) is 4.50. The van der Waals surface area contributed by atoms with Gasteiger partial charge in [-0.15, -0.1) is 0 Å². The zero-order valence-corrected chi connectivity index (χ0v) is 15.1. The first-order valence-electron chi connectivity index (χ1n) is 9.13. The molecule has 2 N–H and O–H groups in total. The number of aromatic amines is 1. The molecule has 27 heavy (non-hydrogen) atoms. The van der Waals surface area contributed by atoms with Gasteiger partial charge < -0.3 is 10.3 Å². The first kappa shape index (κ1) is 17.4. The van der Waals surface area contributed by atoms with Gasteiger partial charge in [-0.25, -0.2) is 4.52 Å². The zero-order valence-electron chi connectivity index (χ0n) is 15.1. The third-order valence-electron chi connectivity index (χ3n) is 5.29. The Morgan fingerprint density at radius 1 is 1.30 bits per heavy atom. The third-order valence-corrected chi connectivity index (χ3v) is 5.29. The highest BCUT2D eigenvalue weighted by molar-refractivity contribution is 6.00. The van der Waals surface area contributed by atoms with Crippen molar-refractivity contribution >= 4 is 11.4 Å². The fraction of sp³-hybridized carbons (Fsp3) is 0.368. The smallest absolute Gasteiger partial charge is 0.274 e. The van der Waals surface area contributed by atoms with Crippen molar-refractivity contribution in [2.24, 2.45) is 0 Å². The van der Waals surface area contributed by atoms with Gasteiger partial charge in [-0.05, 0) is 37.5 Å². The number of rotatable bonds is 4. The van der Waals surface area contributed by atoms with Crippen LogP contribution in [0.5, 0.6) is 0 Å². The van der Waals surface area contributed by atoms with Gasteiger partial charge in [-0.1, -0.05) is 0 Å². The number of pyridine rings is 1. The molecule has 0 saturated carbocycles. The van der Waals surface area contributed by atoms with Crippen molar-refractivity contribution in [3.63, 3.8) is 0 Å². The second-order valence-electron chi connectivity index (χ2n) is 6.88. The molecule has 1 amide bonds. The first-order chi connectivity index (χ1) is 13.1. The van der Waals surface area contributed by atoms with Crippen molar-refractivity contribution < 1.29 is 4.79 Å². The second kappa shape index (κ2) is 7.32. The van der Waals surface area contributed by atoms with E-state index in [2.05, 4.69) is 32.2 Å². The number of H-pyrrole nitrogens is 1. The summed E-state index contributed by atoms with van der Waals surface area (Å²) in [4.78, 5) is 33.7. The molecule has 4 heterocycles. The summed E-state index contributed by atoms with van der Waals surface area (Å²) in [6.45, 7) is 4.01. The number of carbonyl (C=O) groups excluding carboxylic acids is 1. The first-order valence-corrected chi connectivity index (χ1v) is 9.13. The maximum atomic E-state index is 12.6. The van der Waals surface area contributed by atoms with Crippen LogP contribution < -0.4 is 10.9 Å². The van der Waals surface area contributed by atoms with Gasteiger partial charge >= 0.3 is 0 Å². The Bertz CT molecular complexity index is 988. The van der Waals surface area contributed by atoms with Crippen LogP contribution in [0.25, 0.3) is 5.52 Å². The molecule has 0 radical (unpaired) electrons. The molecule has 0 aliphatic carbocycles. The standard InChI is InChI=1S/C19H22N6O2/c1-13(14-2-6-20-7-3-14)24-9-4-15(5-10-24)23-18(26)16-12-22-25-11-8-21-19(27)17(16)25/h2-3,6-8,11-13,15H,4-5,9-10H2,1H3,(H,21,27)(H,23,26). The van der Waals surface area contributed by atoms with Gasteiger partial charge in [0.15, 0.2) is 0 Å². The Morgan fingerprint density at radius 3 is 2.78 bits per heavy atom. The van der Waals surface area contributed by atoms with E-state index >= 15 is 0 Å². The van der Waals surface area contributed by atoms with Crippen molar-refractivity contribution in [2.75, 3.05) is 13.1 Å². The number of piperidine rings is 1. The molecule has 4 rings (SSSR count). The molecule has 1 aliphatic heterocycles. The Morgan fingerprint density at radius 2 is 2.04 bits per heavy atom. The third kappa shape index (κ3) is 3.48. The molecule has 0 bridgehead atoms. The fourth-order valence-electron chi connectivity index (χ4n) is 3.67. The highest BCUT2D eigenvalue weighted by Crippen LogP contribution is 2.23. The summed E-state index contributed by atoms with van der Waals surface area (Å²) in [5.74, 6) is -0.248. The van der Waals surface area contributed by atoms with Gasteiger partial charge in [0.25, 0.3) is 11.5 Å². The van der Waals surface area contributed by atoms with Gasteiger partial charge in [-0.2, -0.15) is 5.10 Å². The van der Waals surface area contributed by atoms with Gasteiger partial charge in [0.1, 0.15) is 5.52 Å². The van der Waals surface area contributed by atoms with Crippen molar-refractivity contribution in [2.45, 2.75) is 31.8 Å². The molecule has 3 aromatic rings. The van der Waals surface area contributed by atoms with Crippen molar-refractivity contribution in [1.29, 1.82) is 0 Å². The van der Waals surface area contributed by atoms with Crippen molar-refractivity contribution in [3.8, 4) is 0 Å². The van der Waals surface area contributed by atoms with Gasteiger partial charge in [-0.3, -0.25) is 19.5 Å². The minimum Gasteiger partial charge on any atom is -0.349 e. The number of aromatic nitrogens is 4. The molecule has 3 aromatic heterocycles. The lowest BCUT2D eigenvalue weighted by Crippen LogP contribution is -2.45. The van der Waals surface area contributed by atoms with Crippen LogP contribution in [0.3, 0.4) is 0 Å². The average molecular weight is 366 g/mol. The largest absolute Gasteiger partial charge is 0.349 e. The maximum absolute atomic E-state index is 12.6. The van der Waals surface area contributed by atoms with E-state index in [0.717, 1.165) is 25.9 Å². The fourth-order valence-corrected chi connectivity index (χ4v) is 3.67. The Hall–Kier alpha value is -3.00. The number of hydrogen-bond donors (Lipinski definition) is 2. The molecule has 8 nitrogen and oxygen atoms in total. The van der Waals surface area contributed by atoms with Gasteiger partial charge in [0, 0.05) is 50.0 Å². The van der Waals surface area contributed by atoms with Crippen LogP contribution >= 0.6 is 0 Å². The van der Waals surface area contributed by atoms with Crippen LogP contribution in [0.2, 0.25) is 0 Å². The number of likely N-dealkylation sites (tertiary alicyclic amines) is 1. The minimum atomic E-state index is -0.318. The van der Waals surface area contributed by atoms with Crippen LogP contribution in [0.4, 0.5) is 0 Å². The summed E-state index contributed by atoms with van der Waals surface area (Å²) in [7, 11) is 0. The number of nitrogens with zero attached hydrogens (tertiary/aromatic N) is 4. The van der Waals surface area contributed by atoms with E-state index in [9.17, 15) is 9.59 Å². The maximum Gasteiger partial charge on any atom is 0.274 e. The normalized spacial score (nSPS) is 17.1. The molecule has 140 valence electrons. The summed E-state index contributed by atoms with van der Waals surface area (Å²) in [5, 5.41) is 7.14. The number of hydrogen-bond acceptors (Lipinski definition) is 5. The molecular weight excluding hydrogens is 344 g/mol. The average Bonchev–Trinajstić information content (AvgIpc) is 3.14. The summed E-state index contributed by atoms with van der Waals surface area (Å²) in [5.41, 5.74) is 1.52. The number of fused-ring (bicyclic) bond motifs is 1. The topological polar surface area (TPSA) is 95.4 Å². The number of nitrogens with one attached hydrogen (secondary N) is 2. The highest BCUT2D eigenvalue weighted by Gasteiger charge is 2.26. The number of carbonyl (C=O) groups is 1. The SMILES string of the molecule is CC(c1ccncc1)N1CCC(NC(=O)c2cnn3cc[nH]c(=O)c23)CC1. The highest BCUT2D eigenvalue weighted by atomic mass is 16.2. The number of amides is 1. The molecule has 1 aliphatic rings. The van der Waals surface area contributed by atoms with E-state index in [0.29, 0.717) is 11.6 Å². The van der Waals surface area contributed by atoms with Crippen LogP contribution in [-0.4, -0.2) is 49.5 Å². The van der Waals surface area contributed by atoms with Crippen LogP contribution in [0, 0.1) is 0 Å². The van der Waals surface area contributed by atoms with Crippen LogP contribution in [0.15, 0.2) is 47.9 Å². The monoisotopic (exact) mass is 366 g/mol. The molecule has 8 heteroatoms. The van der Waals surface area contributed by atoms with Crippen molar-refractivity contribution in [1.82, 2.24) is 29.8 Å².